The Kier molecular flexibility index (Phi) is 6.48. The molecule has 2 rings (SSSR count). The molecule has 24 heavy (non-hydrogen) atoms. The van der Waals surface area contributed by atoms with E-state index in [0.29, 0.717) is 35.1 Å². The molecule has 0 spiro atoms. The van der Waals surface area contributed by atoms with E-state index >= 15 is 0 Å². The van der Waals surface area contributed by atoms with Crippen molar-refractivity contribution in [3.63, 3.8) is 0 Å². The maximum absolute atomic E-state index is 12.1. The first-order chi connectivity index (χ1) is 11.4. The second-order valence-electron chi connectivity index (χ2n) is 5.21. The van der Waals surface area contributed by atoms with Crippen LogP contribution in [0, 0.1) is 0 Å². The van der Waals surface area contributed by atoms with Gasteiger partial charge in [0, 0.05) is 17.6 Å². The van der Waals surface area contributed by atoms with Gasteiger partial charge in [-0.2, -0.15) is 0 Å². The lowest BCUT2D eigenvalue weighted by molar-refractivity contribution is 0.391. The number of halogens is 1. The lowest BCUT2D eigenvalue weighted by Crippen LogP contribution is -2.27. The molecule has 0 amide bonds. The van der Waals surface area contributed by atoms with E-state index in [4.69, 9.17) is 21.1 Å². The fraction of sp³-hybridized carbons (Fsp3) is 0.294. The number of hydrogen-bond acceptors (Lipinski definition) is 4. The lowest BCUT2D eigenvalue weighted by atomic mass is 10.1. The molecule has 0 aromatic heterocycles. The summed E-state index contributed by atoms with van der Waals surface area (Å²) in [5.41, 5.74) is 1.60. The van der Waals surface area contributed by atoms with Crippen molar-refractivity contribution in [2.24, 2.45) is 0 Å². The first kappa shape index (κ1) is 18.6. The fourth-order valence-electron chi connectivity index (χ4n) is 2.25. The number of rotatable bonds is 8. The third kappa shape index (κ3) is 5.40. The number of nitrogens with one attached hydrogen (secondary N) is 1. The van der Waals surface area contributed by atoms with Gasteiger partial charge in [-0.15, -0.1) is 0 Å². The van der Waals surface area contributed by atoms with Crippen molar-refractivity contribution >= 4 is 21.6 Å². The monoisotopic (exact) mass is 369 g/mol. The van der Waals surface area contributed by atoms with E-state index in [-0.39, 0.29) is 5.75 Å². The molecule has 0 saturated carbocycles. The molecule has 0 bridgehead atoms. The van der Waals surface area contributed by atoms with Crippen molar-refractivity contribution in [2.45, 2.75) is 12.2 Å². The van der Waals surface area contributed by atoms with Crippen molar-refractivity contribution in [1.82, 2.24) is 4.72 Å². The summed E-state index contributed by atoms with van der Waals surface area (Å²) in [5.74, 6) is 1.29. The van der Waals surface area contributed by atoms with Crippen LogP contribution in [0.5, 0.6) is 11.5 Å². The summed E-state index contributed by atoms with van der Waals surface area (Å²) >= 11 is 5.80. The Morgan fingerprint density at radius 1 is 1.04 bits per heavy atom. The maximum atomic E-state index is 12.1. The molecule has 0 radical (unpaired) electrons. The highest BCUT2D eigenvalue weighted by atomic mass is 35.5. The number of sulfonamides is 1. The summed E-state index contributed by atoms with van der Waals surface area (Å²) in [5, 5.41) is 0.579. The van der Waals surface area contributed by atoms with Gasteiger partial charge in [-0.25, -0.2) is 13.1 Å². The Balaban J connectivity index is 1.94. The zero-order valence-electron chi connectivity index (χ0n) is 13.6. The van der Waals surface area contributed by atoms with Crippen molar-refractivity contribution in [3.05, 3.63) is 58.6 Å². The van der Waals surface area contributed by atoms with Crippen LogP contribution in [0.15, 0.2) is 42.5 Å². The van der Waals surface area contributed by atoms with E-state index in [1.807, 2.05) is 12.1 Å². The van der Waals surface area contributed by atoms with Crippen LogP contribution in [-0.4, -0.2) is 29.2 Å². The SMILES string of the molecule is COc1ccc(CCNS(=O)(=O)Cc2ccc(Cl)cc2)c(OC)c1. The van der Waals surface area contributed by atoms with Crippen LogP contribution in [0.25, 0.3) is 0 Å². The molecular formula is C17H20ClNO4S. The van der Waals surface area contributed by atoms with Gasteiger partial charge in [-0.1, -0.05) is 29.8 Å². The minimum absolute atomic E-state index is 0.0794. The highest BCUT2D eigenvalue weighted by molar-refractivity contribution is 7.88. The van der Waals surface area contributed by atoms with Crippen LogP contribution in [-0.2, 0) is 22.2 Å². The summed E-state index contributed by atoms with van der Waals surface area (Å²) < 4.78 is 37.3. The van der Waals surface area contributed by atoms with E-state index in [1.165, 1.54) is 0 Å². The number of benzene rings is 2. The Bertz CT molecular complexity index is 776. The first-order valence-electron chi connectivity index (χ1n) is 7.36. The van der Waals surface area contributed by atoms with Gasteiger partial charge < -0.3 is 9.47 Å². The minimum atomic E-state index is -3.41. The standard InChI is InChI=1S/C17H20ClNO4S/c1-22-16-8-5-14(17(11-16)23-2)9-10-19-24(20,21)12-13-3-6-15(18)7-4-13/h3-8,11,19H,9-10,12H2,1-2H3. The normalized spacial score (nSPS) is 11.3. The second-order valence-corrected chi connectivity index (χ2v) is 7.45. The topological polar surface area (TPSA) is 64.6 Å². The zero-order valence-corrected chi connectivity index (χ0v) is 15.2. The van der Waals surface area contributed by atoms with Gasteiger partial charge in [0.25, 0.3) is 0 Å². The molecule has 0 aliphatic heterocycles. The van der Waals surface area contributed by atoms with Crippen LogP contribution in [0.2, 0.25) is 5.02 Å². The predicted molar refractivity (Wildman–Crippen MR) is 95.3 cm³/mol. The molecule has 0 unspecified atom stereocenters. The Labute approximate surface area is 147 Å². The molecule has 0 atom stereocenters. The van der Waals surface area contributed by atoms with Crippen molar-refractivity contribution in [2.75, 3.05) is 20.8 Å². The van der Waals surface area contributed by atoms with Gasteiger partial charge in [0.1, 0.15) is 11.5 Å². The molecule has 0 fully saturated rings. The lowest BCUT2D eigenvalue weighted by Gasteiger charge is -2.11. The summed E-state index contributed by atoms with van der Waals surface area (Å²) in [6, 6.07) is 12.2. The summed E-state index contributed by atoms with van der Waals surface area (Å²) in [4.78, 5) is 0. The van der Waals surface area contributed by atoms with Crippen LogP contribution in [0.3, 0.4) is 0 Å². The summed E-state index contributed by atoms with van der Waals surface area (Å²) in [6.07, 6.45) is 0.521. The first-order valence-corrected chi connectivity index (χ1v) is 9.39. The molecule has 5 nitrogen and oxygen atoms in total. The van der Waals surface area contributed by atoms with Gasteiger partial charge >= 0.3 is 0 Å². The molecule has 130 valence electrons. The average Bonchev–Trinajstić information content (AvgIpc) is 2.56. The van der Waals surface area contributed by atoms with Gasteiger partial charge in [0.2, 0.25) is 10.0 Å². The van der Waals surface area contributed by atoms with Crippen LogP contribution < -0.4 is 14.2 Å². The quantitative estimate of drug-likeness (QED) is 0.776. The van der Waals surface area contributed by atoms with Gasteiger partial charge in [-0.05, 0) is 35.7 Å². The molecule has 7 heteroatoms. The maximum Gasteiger partial charge on any atom is 0.215 e. The number of hydrogen-bond donors (Lipinski definition) is 1. The van der Waals surface area contributed by atoms with E-state index in [1.54, 1.807) is 44.6 Å². The summed E-state index contributed by atoms with van der Waals surface area (Å²) in [6.45, 7) is 0.290. The van der Waals surface area contributed by atoms with Crippen molar-refractivity contribution in [3.8, 4) is 11.5 Å². The van der Waals surface area contributed by atoms with E-state index in [2.05, 4.69) is 4.72 Å². The molecule has 0 aliphatic carbocycles. The van der Waals surface area contributed by atoms with Crippen molar-refractivity contribution < 1.29 is 17.9 Å². The van der Waals surface area contributed by atoms with E-state index in [0.717, 1.165) is 5.56 Å². The number of ether oxygens (including phenoxy) is 2. The molecule has 0 saturated heterocycles. The molecule has 2 aromatic rings. The molecule has 0 heterocycles. The predicted octanol–water partition coefficient (Wildman–Crippen LogP) is 3.02. The Morgan fingerprint density at radius 2 is 1.75 bits per heavy atom. The highest BCUT2D eigenvalue weighted by Crippen LogP contribution is 2.24. The average molecular weight is 370 g/mol. The number of methoxy groups -OCH3 is 2. The molecule has 2 aromatic carbocycles. The van der Waals surface area contributed by atoms with E-state index in [9.17, 15) is 8.42 Å². The van der Waals surface area contributed by atoms with Crippen LogP contribution in [0.1, 0.15) is 11.1 Å². The van der Waals surface area contributed by atoms with E-state index < -0.39 is 10.0 Å². The van der Waals surface area contributed by atoms with Gasteiger partial charge in [0.15, 0.2) is 0 Å². The second kappa shape index (κ2) is 8.37. The third-order valence-electron chi connectivity index (χ3n) is 3.48. The van der Waals surface area contributed by atoms with Crippen LogP contribution in [0.4, 0.5) is 0 Å². The molecule has 0 aliphatic rings. The highest BCUT2D eigenvalue weighted by Gasteiger charge is 2.12. The third-order valence-corrected chi connectivity index (χ3v) is 5.09. The fourth-order valence-corrected chi connectivity index (χ4v) is 3.52. The Hall–Kier alpha value is -1.76. The molecule has 1 N–H and O–H groups in total. The Morgan fingerprint density at radius 3 is 2.38 bits per heavy atom. The smallest absolute Gasteiger partial charge is 0.215 e. The zero-order chi connectivity index (χ0) is 17.6. The van der Waals surface area contributed by atoms with Gasteiger partial charge in [-0.3, -0.25) is 0 Å². The van der Waals surface area contributed by atoms with Gasteiger partial charge in [0.05, 0.1) is 20.0 Å². The van der Waals surface area contributed by atoms with Crippen molar-refractivity contribution in [1.29, 1.82) is 0 Å². The minimum Gasteiger partial charge on any atom is -0.497 e. The van der Waals surface area contributed by atoms with Crippen LogP contribution >= 0.6 is 11.6 Å². The largest absolute Gasteiger partial charge is 0.497 e. The summed E-state index contributed by atoms with van der Waals surface area (Å²) in [7, 11) is -0.254. The molecular weight excluding hydrogens is 350 g/mol.